The fourth-order valence-corrected chi connectivity index (χ4v) is 2.02. The lowest BCUT2D eigenvalue weighted by Crippen LogP contribution is -1.99. The van der Waals surface area contributed by atoms with Gasteiger partial charge in [0.15, 0.2) is 5.76 Å². The Morgan fingerprint density at radius 2 is 1.85 bits per heavy atom. The van der Waals surface area contributed by atoms with Gasteiger partial charge in [-0.2, -0.15) is 0 Å². The highest BCUT2D eigenvalue weighted by Crippen LogP contribution is 2.25. The predicted molar refractivity (Wildman–Crippen MR) is 74.3 cm³/mol. The molecule has 0 atom stereocenters. The van der Waals surface area contributed by atoms with Gasteiger partial charge in [-0.05, 0) is 42.5 Å². The van der Waals surface area contributed by atoms with E-state index in [-0.39, 0.29) is 17.3 Å². The molecule has 0 saturated carbocycles. The van der Waals surface area contributed by atoms with Crippen molar-refractivity contribution in [3.8, 4) is 11.5 Å². The molecule has 2 aromatic carbocycles. The molecule has 0 saturated heterocycles. The molecule has 4 nitrogen and oxygen atoms in total. The highest BCUT2D eigenvalue weighted by atomic mass is 16.5. The van der Waals surface area contributed by atoms with Crippen LogP contribution < -0.4 is 4.74 Å². The second-order valence-electron chi connectivity index (χ2n) is 4.39. The fourth-order valence-electron chi connectivity index (χ4n) is 2.02. The molecule has 0 aliphatic heterocycles. The third kappa shape index (κ3) is 2.12. The summed E-state index contributed by atoms with van der Waals surface area (Å²) in [5.74, 6) is 0.838. The van der Waals surface area contributed by atoms with Crippen LogP contribution in [-0.4, -0.2) is 18.0 Å². The number of benzene rings is 2. The van der Waals surface area contributed by atoms with Gasteiger partial charge in [-0.25, -0.2) is 0 Å². The Bertz CT molecular complexity index is 769. The van der Waals surface area contributed by atoms with Crippen LogP contribution in [0.2, 0.25) is 0 Å². The maximum absolute atomic E-state index is 12.3. The monoisotopic (exact) mass is 268 g/mol. The van der Waals surface area contributed by atoms with Gasteiger partial charge in [-0.3, -0.25) is 4.79 Å². The van der Waals surface area contributed by atoms with Crippen molar-refractivity contribution >= 4 is 16.8 Å². The van der Waals surface area contributed by atoms with Crippen molar-refractivity contribution in [1.82, 2.24) is 0 Å². The average molecular weight is 268 g/mol. The van der Waals surface area contributed by atoms with Crippen molar-refractivity contribution in [2.24, 2.45) is 0 Å². The maximum Gasteiger partial charge on any atom is 0.228 e. The van der Waals surface area contributed by atoms with Crippen molar-refractivity contribution in [1.29, 1.82) is 0 Å². The lowest BCUT2D eigenvalue weighted by molar-refractivity contribution is 0.101. The number of methoxy groups -OCH3 is 1. The summed E-state index contributed by atoms with van der Waals surface area (Å²) >= 11 is 0. The highest BCUT2D eigenvalue weighted by Gasteiger charge is 2.14. The number of aromatic hydroxyl groups is 1. The topological polar surface area (TPSA) is 59.7 Å². The van der Waals surface area contributed by atoms with Crippen LogP contribution in [0, 0.1) is 0 Å². The molecule has 3 aromatic rings. The van der Waals surface area contributed by atoms with E-state index in [9.17, 15) is 9.90 Å². The minimum Gasteiger partial charge on any atom is -0.508 e. The van der Waals surface area contributed by atoms with Crippen LogP contribution in [0.25, 0.3) is 11.0 Å². The van der Waals surface area contributed by atoms with Gasteiger partial charge in [0.25, 0.3) is 0 Å². The summed E-state index contributed by atoms with van der Waals surface area (Å²) in [6.07, 6.45) is 0. The number of phenolic OH excluding ortho intramolecular Hbond substituents is 1. The van der Waals surface area contributed by atoms with Gasteiger partial charge in [-0.15, -0.1) is 0 Å². The fraction of sp³-hybridized carbons (Fsp3) is 0.0625. The number of carbonyl (C=O) groups excluding carboxylic acids is 1. The van der Waals surface area contributed by atoms with Crippen LogP contribution in [0.4, 0.5) is 0 Å². The molecule has 1 heterocycles. The molecule has 3 rings (SSSR count). The third-order valence-electron chi connectivity index (χ3n) is 3.08. The van der Waals surface area contributed by atoms with E-state index in [1.165, 1.54) is 6.07 Å². The summed E-state index contributed by atoms with van der Waals surface area (Å²) in [4.78, 5) is 12.3. The molecule has 0 aliphatic carbocycles. The van der Waals surface area contributed by atoms with E-state index in [1.54, 1.807) is 49.6 Å². The number of phenols is 1. The predicted octanol–water partition coefficient (Wildman–Crippen LogP) is 3.38. The summed E-state index contributed by atoms with van der Waals surface area (Å²) < 4.78 is 10.5. The van der Waals surface area contributed by atoms with E-state index in [2.05, 4.69) is 0 Å². The van der Waals surface area contributed by atoms with E-state index in [0.717, 1.165) is 5.39 Å². The van der Waals surface area contributed by atoms with E-state index in [4.69, 9.17) is 9.15 Å². The molecule has 0 unspecified atom stereocenters. The van der Waals surface area contributed by atoms with E-state index < -0.39 is 0 Å². The molecule has 0 aliphatic rings. The largest absolute Gasteiger partial charge is 0.508 e. The van der Waals surface area contributed by atoms with Gasteiger partial charge in [0.05, 0.1) is 7.11 Å². The van der Waals surface area contributed by atoms with Crippen LogP contribution >= 0.6 is 0 Å². The Morgan fingerprint density at radius 3 is 2.55 bits per heavy atom. The van der Waals surface area contributed by atoms with Crippen molar-refractivity contribution in [3.05, 3.63) is 59.9 Å². The molecule has 100 valence electrons. The van der Waals surface area contributed by atoms with Gasteiger partial charge in [0, 0.05) is 17.0 Å². The van der Waals surface area contributed by atoms with Crippen molar-refractivity contribution in [2.45, 2.75) is 0 Å². The summed E-state index contributed by atoms with van der Waals surface area (Å²) in [7, 11) is 1.57. The van der Waals surface area contributed by atoms with Crippen LogP contribution in [0.1, 0.15) is 16.1 Å². The summed E-state index contributed by atoms with van der Waals surface area (Å²) in [5.41, 5.74) is 1.01. The molecule has 0 amide bonds. The first kappa shape index (κ1) is 12.3. The number of rotatable bonds is 3. The van der Waals surface area contributed by atoms with Crippen molar-refractivity contribution in [3.63, 3.8) is 0 Å². The van der Waals surface area contributed by atoms with Crippen LogP contribution in [0.5, 0.6) is 11.5 Å². The Morgan fingerprint density at radius 1 is 1.10 bits per heavy atom. The van der Waals surface area contributed by atoms with Crippen molar-refractivity contribution < 1.29 is 19.1 Å². The average Bonchev–Trinajstić information content (AvgIpc) is 2.89. The number of carbonyl (C=O) groups is 1. The van der Waals surface area contributed by atoms with Gasteiger partial charge < -0.3 is 14.3 Å². The Balaban J connectivity index is 1.98. The zero-order valence-electron chi connectivity index (χ0n) is 10.8. The molecule has 1 N–H and O–H groups in total. The number of furan rings is 1. The van der Waals surface area contributed by atoms with Crippen molar-refractivity contribution in [2.75, 3.05) is 7.11 Å². The van der Waals surface area contributed by atoms with Gasteiger partial charge >= 0.3 is 0 Å². The lowest BCUT2D eigenvalue weighted by atomic mass is 10.1. The third-order valence-corrected chi connectivity index (χ3v) is 3.08. The smallest absolute Gasteiger partial charge is 0.228 e. The van der Waals surface area contributed by atoms with Gasteiger partial charge in [0.1, 0.15) is 17.1 Å². The van der Waals surface area contributed by atoms with Crippen LogP contribution in [0.3, 0.4) is 0 Å². The molecular formula is C16H12O4. The summed E-state index contributed by atoms with van der Waals surface area (Å²) in [6.45, 7) is 0. The number of ketones is 1. The molecule has 1 aromatic heterocycles. The Kier molecular flexibility index (Phi) is 2.91. The first-order valence-electron chi connectivity index (χ1n) is 6.09. The number of hydrogen-bond donors (Lipinski definition) is 1. The molecule has 0 spiro atoms. The normalized spacial score (nSPS) is 10.7. The molecule has 4 heteroatoms. The van der Waals surface area contributed by atoms with Crippen LogP contribution in [0.15, 0.2) is 52.9 Å². The maximum atomic E-state index is 12.3. The minimum absolute atomic E-state index is 0.107. The number of hydrogen-bond acceptors (Lipinski definition) is 4. The standard InChI is InChI=1S/C16H12O4/c1-19-13-6-3-10(4-7-13)16(18)15-8-11-2-5-12(17)9-14(11)20-15/h2-9,17H,1H3. The summed E-state index contributed by atoms with van der Waals surface area (Å²) in [5, 5.41) is 10.2. The molecule has 0 fully saturated rings. The van der Waals surface area contributed by atoms with Gasteiger partial charge in [-0.1, -0.05) is 0 Å². The lowest BCUT2D eigenvalue weighted by Gasteiger charge is -2.00. The SMILES string of the molecule is COc1ccc(C(=O)c2cc3ccc(O)cc3o2)cc1. The zero-order valence-corrected chi connectivity index (χ0v) is 10.8. The van der Waals surface area contributed by atoms with E-state index >= 15 is 0 Å². The van der Waals surface area contributed by atoms with Crippen LogP contribution in [-0.2, 0) is 0 Å². The quantitative estimate of drug-likeness (QED) is 0.740. The second-order valence-corrected chi connectivity index (χ2v) is 4.39. The minimum atomic E-state index is -0.205. The molecule has 0 radical (unpaired) electrons. The molecular weight excluding hydrogens is 256 g/mol. The zero-order chi connectivity index (χ0) is 14.1. The Hall–Kier alpha value is -2.75. The summed E-state index contributed by atoms with van der Waals surface area (Å²) in [6, 6.07) is 13.2. The molecule has 20 heavy (non-hydrogen) atoms. The Labute approximate surface area is 115 Å². The first-order valence-corrected chi connectivity index (χ1v) is 6.09. The number of ether oxygens (including phenoxy) is 1. The number of fused-ring (bicyclic) bond motifs is 1. The molecule has 0 bridgehead atoms. The van der Waals surface area contributed by atoms with Gasteiger partial charge in [0.2, 0.25) is 5.78 Å². The second kappa shape index (κ2) is 4.74. The van der Waals surface area contributed by atoms with E-state index in [1.807, 2.05) is 0 Å². The first-order chi connectivity index (χ1) is 9.67. The van der Waals surface area contributed by atoms with E-state index in [0.29, 0.717) is 16.9 Å². The highest BCUT2D eigenvalue weighted by molar-refractivity contribution is 6.09.